The molecule has 0 bridgehead atoms. The first-order valence-electron chi connectivity index (χ1n) is 9.34. The van der Waals surface area contributed by atoms with Gasteiger partial charge in [0, 0.05) is 11.3 Å². The van der Waals surface area contributed by atoms with Crippen LogP contribution >= 0.6 is 23.1 Å². The minimum Gasteiger partial charge on any atom is -0.496 e. The third-order valence-electron chi connectivity index (χ3n) is 4.73. The molecule has 6 nitrogen and oxygen atoms in total. The van der Waals surface area contributed by atoms with Crippen molar-refractivity contribution in [3.8, 4) is 17.0 Å². The molecule has 0 saturated heterocycles. The maximum absolute atomic E-state index is 10.4. The molecule has 1 unspecified atom stereocenters. The topological polar surface area (TPSA) is 79.9 Å². The second kappa shape index (κ2) is 7.33. The molecule has 28 heavy (non-hydrogen) atoms. The Balaban J connectivity index is 1.73. The highest BCUT2D eigenvalue weighted by molar-refractivity contribution is 7.99. The van der Waals surface area contributed by atoms with E-state index in [1.165, 1.54) is 11.3 Å². The Hall–Kier alpha value is -1.61. The number of methoxy groups -OCH3 is 1. The lowest BCUT2D eigenvalue weighted by Crippen LogP contribution is -2.21. The van der Waals surface area contributed by atoms with Gasteiger partial charge < -0.3 is 14.9 Å². The van der Waals surface area contributed by atoms with E-state index in [0.717, 1.165) is 50.4 Å². The van der Waals surface area contributed by atoms with Gasteiger partial charge in [-0.25, -0.2) is 9.50 Å². The van der Waals surface area contributed by atoms with Gasteiger partial charge in [-0.1, -0.05) is 11.3 Å². The number of aliphatic hydroxyl groups excluding tert-OH is 1. The lowest BCUT2D eigenvalue weighted by Gasteiger charge is -2.17. The Kier molecular flexibility index (Phi) is 5.16. The van der Waals surface area contributed by atoms with Crippen molar-refractivity contribution < 1.29 is 14.9 Å². The molecule has 8 heteroatoms. The summed E-state index contributed by atoms with van der Waals surface area (Å²) >= 11 is 3.02. The molecule has 2 heterocycles. The van der Waals surface area contributed by atoms with E-state index >= 15 is 0 Å². The molecular weight excluding hydrogens is 394 g/mol. The van der Waals surface area contributed by atoms with Crippen molar-refractivity contribution in [2.75, 3.05) is 12.9 Å². The number of aryl methyl sites for hydroxylation is 1. The van der Waals surface area contributed by atoms with Crippen LogP contribution in [0.25, 0.3) is 16.2 Å². The summed E-state index contributed by atoms with van der Waals surface area (Å²) in [6.07, 6.45) is 1.64. The Morgan fingerprint density at radius 3 is 2.79 bits per heavy atom. The standard InChI is InChI=1S/C20H25N3O3S2/c1-11-16(23-19(21-11)28-18(22-23)17(24)12-5-6-12)13-7-8-14(26-4)15(9-13)27-10-20(2,3)25/h7-9,12,17,24-25H,5-6,10H2,1-4H3. The summed E-state index contributed by atoms with van der Waals surface area (Å²) in [6.45, 7) is 5.56. The molecule has 3 aromatic rings. The Labute approximate surface area is 172 Å². The summed E-state index contributed by atoms with van der Waals surface area (Å²) in [5.74, 6) is 1.67. The zero-order valence-corrected chi connectivity index (χ0v) is 18.1. The molecule has 4 rings (SSSR count). The Morgan fingerprint density at radius 2 is 2.14 bits per heavy atom. The van der Waals surface area contributed by atoms with Crippen LogP contribution in [-0.4, -0.2) is 43.3 Å². The van der Waals surface area contributed by atoms with Gasteiger partial charge in [0.2, 0.25) is 4.96 Å². The van der Waals surface area contributed by atoms with E-state index < -0.39 is 11.7 Å². The number of ether oxygens (including phenoxy) is 1. The fourth-order valence-electron chi connectivity index (χ4n) is 3.12. The molecular formula is C20H25N3O3S2. The van der Waals surface area contributed by atoms with Crippen LogP contribution in [0.4, 0.5) is 0 Å². The monoisotopic (exact) mass is 419 g/mol. The van der Waals surface area contributed by atoms with Crippen molar-refractivity contribution in [3.05, 3.63) is 28.9 Å². The highest BCUT2D eigenvalue weighted by Gasteiger charge is 2.33. The average Bonchev–Trinajstić information content (AvgIpc) is 3.34. The van der Waals surface area contributed by atoms with Crippen LogP contribution in [-0.2, 0) is 0 Å². The Bertz CT molecular complexity index is 1000. The van der Waals surface area contributed by atoms with E-state index in [-0.39, 0.29) is 0 Å². The molecule has 1 aliphatic carbocycles. The SMILES string of the molecule is COc1ccc(-c2c(C)nc3sc(C(O)C4CC4)nn23)cc1SCC(C)(C)O. The summed E-state index contributed by atoms with van der Waals surface area (Å²) in [6, 6.07) is 6.00. The van der Waals surface area contributed by atoms with Crippen LogP contribution in [0.5, 0.6) is 5.75 Å². The first kappa shape index (κ1) is 19.7. The van der Waals surface area contributed by atoms with Crippen LogP contribution in [0.15, 0.2) is 23.1 Å². The summed E-state index contributed by atoms with van der Waals surface area (Å²) in [5.41, 5.74) is 2.04. The van der Waals surface area contributed by atoms with E-state index in [0.29, 0.717) is 11.7 Å². The number of fused-ring (bicyclic) bond motifs is 1. The summed E-state index contributed by atoms with van der Waals surface area (Å²) in [5, 5.41) is 25.9. The quantitative estimate of drug-likeness (QED) is 0.562. The third kappa shape index (κ3) is 3.91. The molecule has 1 aromatic carbocycles. The zero-order valence-electron chi connectivity index (χ0n) is 16.5. The molecule has 2 N–H and O–H groups in total. The number of hydrogen-bond acceptors (Lipinski definition) is 7. The molecule has 0 spiro atoms. The molecule has 2 aromatic heterocycles. The molecule has 150 valence electrons. The van der Waals surface area contributed by atoms with Gasteiger partial charge in [-0.15, -0.1) is 11.8 Å². The van der Waals surface area contributed by atoms with Crippen molar-refractivity contribution in [1.29, 1.82) is 0 Å². The van der Waals surface area contributed by atoms with Crippen LogP contribution in [0, 0.1) is 12.8 Å². The van der Waals surface area contributed by atoms with Crippen molar-refractivity contribution in [1.82, 2.24) is 14.6 Å². The molecule has 1 atom stereocenters. The second-order valence-corrected chi connectivity index (χ2v) is 9.93. The zero-order chi connectivity index (χ0) is 20.1. The fraction of sp³-hybridized carbons (Fsp3) is 0.500. The number of aromatic nitrogens is 3. The Morgan fingerprint density at radius 1 is 1.39 bits per heavy atom. The van der Waals surface area contributed by atoms with Crippen LogP contribution in [0.2, 0.25) is 0 Å². The molecule has 0 aliphatic heterocycles. The smallest absolute Gasteiger partial charge is 0.213 e. The molecule has 0 amide bonds. The largest absolute Gasteiger partial charge is 0.496 e. The van der Waals surface area contributed by atoms with Gasteiger partial charge in [0.05, 0.1) is 29.0 Å². The van der Waals surface area contributed by atoms with Gasteiger partial charge in [0.15, 0.2) is 0 Å². The minimum atomic E-state index is -0.770. The van der Waals surface area contributed by atoms with Gasteiger partial charge in [0.1, 0.15) is 16.9 Å². The normalized spacial score (nSPS) is 15.9. The van der Waals surface area contributed by atoms with E-state index in [4.69, 9.17) is 4.74 Å². The number of hydrogen-bond donors (Lipinski definition) is 2. The number of nitrogens with zero attached hydrogens (tertiary/aromatic N) is 3. The van der Waals surface area contributed by atoms with E-state index in [1.807, 2.05) is 23.6 Å². The summed E-state index contributed by atoms with van der Waals surface area (Å²) < 4.78 is 7.34. The molecule has 1 aliphatic rings. The predicted octanol–water partition coefficient (Wildman–Crippen LogP) is 4.08. The first-order chi connectivity index (χ1) is 13.3. The number of benzene rings is 1. The molecule has 1 saturated carbocycles. The van der Waals surface area contributed by atoms with E-state index in [2.05, 4.69) is 16.1 Å². The molecule has 0 radical (unpaired) electrons. The van der Waals surface area contributed by atoms with E-state index in [9.17, 15) is 10.2 Å². The predicted molar refractivity (Wildman–Crippen MR) is 112 cm³/mol. The highest BCUT2D eigenvalue weighted by Crippen LogP contribution is 2.43. The van der Waals surface area contributed by atoms with E-state index in [1.54, 1.807) is 32.7 Å². The first-order valence-corrected chi connectivity index (χ1v) is 11.1. The molecule has 1 fully saturated rings. The van der Waals surface area contributed by atoms with Gasteiger partial charge in [-0.3, -0.25) is 0 Å². The van der Waals surface area contributed by atoms with Crippen molar-refractivity contribution >= 4 is 28.1 Å². The number of thioether (sulfide) groups is 1. The summed E-state index contributed by atoms with van der Waals surface area (Å²) in [4.78, 5) is 6.42. The van der Waals surface area contributed by atoms with Gasteiger partial charge in [-0.05, 0) is 57.7 Å². The maximum atomic E-state index is 10.4. The van der Waals surface area contributed by atoms with Crippen molar-refractivity contribution in [2.45, 2.75) is 50.2 Å². The third-order valence-corrected chi connectivity index (χ3v) is 7.19. The minimum absolute atomic E-state index is 0.339. The number of aliphatic hydroxyl groups is 2. The van der Waals surface area contributed by atoms with Crippen molar-refractivity contribution in [2.24, 2.45) is 5.92 Å². The van der Waals surface area contributed by atoms with Gasteiger partial charge >= 0.3 is 0 Å². The van der Waals surface area contributed by atoms with Crippen LogP contribution < -0.4 is 4.74 Å². The summed E-state index contributed by atoms with van der Waals surface area (Å²) in [7, 11) is 1.65. The van der Waals surface area contributed by atoms with Gasteiger partial charge in [0.25, 0.3) is 0 Å². The maximum Gasteiger partial charge on any atom is 0.213 e. The second-order valence-electron chi connectivity index (χ2n) is 7.93. The number of rotatable bonds is 7. The highest BCUT2D eigenvalue weighted by atomic mass is 32.2. The number of imidazole rings is 1. The lowest BCUT2D eigenvalue weighted by atomic mass is 10.1. The van der Waals surface area contributed by atoms with Crippen LogP contribution in [0.1, 0.15) is 43.5 Å². The van der Waals surface area contributed by atoms with Crippen LogP contribution in [0.3, 0.4) is 0 Å². The van der Waals surface area contributed by atoms with Gasteiger partial charge in [-0.2, -0.15) is 5.10 Å². The average molecular weight is 420 g/mol. The van der Waals surface area contributed by atoms with Crippen molar-refractivity contribution in [3.63, 3.8) is 0 Å². The lowest BCUT2D eigenvalue weighted by molar-refractivity contribution is 0.107. The fourth-order valence-corrected chi connectivity index (χ4v) is 5.16.